The van der Waals surface area contributed by atoms with Gasteiger partial charge in [0.05, 0.1) is 115 Å². The van der Waals surface area contributed by atoms with Gasteiger partial charge in [-0.15, -0.1) is 0 Å². The third-order valence-corrected chi connectivity index (χ3v) is 12.7. The molecule has 3 aliphatic rings. The molecule has 0 saturated carbocycles. The highest BCUT2D eigenvalue weighted by atomic mass is 79.9. The maximum absolute atomic E-state index is 14.0. The van der Waals surface area contributed by atoms with Crippen LogP contribution in [0.2, 0.25) is 0 Å². The Hall–Kier alpha value is -2.27. The fourth-order valence-corrected chi connectivity index (χ4v) is 9.51. The maximum Gasteiger partial charge on any atom is 0.298 e. The number of hydrogen-bond donors (Lipinski definition) is 2. The molecular formula is C41H54Br2N2O13S. The number of phenols is 2. The average Bonchev–Trinajstić information content (AvgIpc) is 3.46. The Morgan fingerprint density at radius 1 is 0.525 bits per heavy atom. The van der Waals surface area contributed by atoms with E-state index in [0.29, 0.717) is 169 Å². The summed E-state index contributed by atoms with van der Waals surface area (Å²) in [6.45, 7) is 9.80. The van der Waals surface area contributed by atoms with Crippen molar-refractivity contribution >= 4 is 42.0 Å². The number of benzene rings is 3. The lowest BCUT2D eigenvalue weighted by Crippen LogP contribution is -2.33. The van der Waals surface area contributed by atoms with Crippen LogP contribution in [0.1, 0.15) is 27.8 Å². The fourth-order valence-electron chi connectivity index (χ4n) is 7.08. The van der Waals surface area contributed by atoms with Crippen molar-refractivity contribution in [1.82, 2.24) is 9.80 Å². The summed E-state index contributed by atoms with van der Waals surface area (Å²) >= 11 is 7.15. The summed E-state index contributed by atoms with van der Waals surface area (Å²) in [6, 6.07) is 13.6. The van der Waals surface area contributed by atoms with Crippen LogP contribution >= 0.6 is 31.9 Å². The third-order valence-electron chi connectivity index (χ3n) is 10.1. The second-order valence-corrected chi connectivity index (χ2v) is 17.3. The molecule has 0 amide bonds. The molecule has 0 bridgehead atoms. The molecule has 2 N–H and O–H groups in total. The van der Waals surface area contributed by atoms with Crippen LogP contribution in [0.4, 0.5) is 0 Å². The summed E-state index contributed by atoms with van der Waals surface area (Å²) in [5.41, 5.74) is 0.647. The van der Waals surface area contributed by atoms with Crippen LogP contribution in [0, 0.1) is 0 Å². The Labute approximate surface area is 363 Å². The van der Waals surface area contributed by atoms with Crippen LogP contribution in [0.3, 0.4) is 0 Å². The molecule has 3 aromatic rings. The summed E-state index contributed by atoms with van der Waals surface area (Å²) in [4.78, 5) is 4.23. The van der Waals surface area contributed by atoms with Crippen molar-refractivity contribution in [2.75, 3.05) is 132 Å². The van der Waals surface area contributed by atoms with Crippen molar-refractivity contribution in [3.05, 3.63) is 85.3 Å². The summed E-state index contributed by atoms with van der Waals surface area (Å²) in [7, 11) is -4.28. The van der Waals surface area contributed by atoms with Gasteiger partial charge >= 0.3 is 0 Å². The van der Waals surface area contributed by atoms with E-state index in [0.717, 1.165) is 0 Å². The molecule has 0 unspecified atom stereocenters. The molecule has 0 aliphatic carbocycles. The first kappa shape index (κ1) is 46.2. The van der Waals surface area contributed by atoms with Gasteiger partial charge in [-0.25, -0.2) is 4.18 Å². The predicted octanol–water partition coefficient (Wildman–Crippen LogP) is 4.40. The van der Waals surface area contributed by atoms with Crippen molar-refractivity contribution in [3.8, 4) is 11.5 Å². The molecular weight excluding hydrogens is 920 g/mol. The number of halogens is 2. The fraction of sp³-hybridized carbons (Fsp3) is 0.561. The zero-order chi connectivity index (χ0) is 41.5. The van der Waals surface area contributed by atoms with Crippen LogP contribution in [-0.2, 0) is 70.9 Å². The largest absolute Gasteiger partial charge is 0.506 e. The molecule has 3 heterocycles. The Kier molecular flexibility index (Phi) is 18.2. The van der Waals surface area contributed by atoms with E-state index in [1.54, 1.807) is 42.5 Å². The Morgan fingerprint density at radius 2 is 0.864 bits per heavy atom. The number of hydrogen-bond acceptors (Lipinski definition) is 15. The highest BCUT2D eigenvalue weighted by Gasteiger charge is 2.52. The van der Waals surface area contributed by atoms with Crippen LogP contribution in [0.15, 0.2) is 62.4 Å². The number of aromatic hydroxyl groups is 2. The maximum atomic E-state index is 14.0. The van der Waals surface area contributed by atoms with E-state index in [1.807, 2.05) is 0 Å². The van der Waals surface area contributed by atoms with Gasteiger partial charge < -0.3 is 48.1 Å². The normalized spacial score (nSPS) is 21.7. The molecule has 0 spiro atoms. The lowest BCUT2D eigenvalue weighted by molar-refractivity contribution is 0.00206. The van der Waals surface area contributed by atoms with Gasteiger partial charge in [0.2, 0.25) is 0 Å². The van der Waals surface area contributed by atoms with Gasteiger partial charge in [-0.05, 0) is 73.3 Å². The molecule has 2 fully saturated rings. The zero-order valence-corrected chi connectivity index (χ0v) is 37.1. The lowest BCUT2D eigenvalue weighted by Gasteiger charge is -2.32. The van der Waals surface area contributed by atoms with Gasteiger partial charge in [-0.3, -0.25) is 9.80 Å². The standard InChI is InChI=1S/C41H54Br2N2O13S/c42-36-27-33(25-31(39(36)46)29-44-5-9-50-13-17-54-21-22-55-18-14-51-10-6-44)41(35-3-1-2-4-38(35)59(48,49)58-41)34-26-32(40(47)37(43)28-34)30-45-7-11-52-15-19-56-23-24-57-20-16-53-12-8-45/h1-4,25-28,46-47H,5-24,29-30H2. The molecule has 3 aliphatic heterocycles. The van der Waals surface area contributed by atoms with E-state index in [4.69, 9.17) is 42.1 Å². The van der Waals surface area contributed by atoms with Crippen molar-refractivity contribution in [2.45, 2.75) is 23.6 Å². The predicted molar refractivity (Wildman–Crippen MR) is 223 cm³/mol. The SMILES string of the molecule is O=S1(=O)OC(c2cc(Br)c(O)c(CN3CCOCCOCCOCCOCC3)c2)(c2cc(Br)c(O)c(CN3CCOCCOCCOCCOCC3)c2)c2ccccc21. The molecule has 326 valence electrons. The smallest absolute Gasteiger partial charge is 0.298 e. The molecule has 59 heavy (non-hydrogen) atoms. The first-order valence-corrected chi connectivity index (χ1v) is 22.8. The van der Waals surface area contributed by atoms with E-state index >= 15 is 0 Å². The minimum Gasteiger partial charge on any atom is -0.506 e. The first-order chi connectivity index (χ1) is 28.7. The molecule has 15 nitrogen and oxygen atoms in total. The van der Waals surface area contributed by atoms with Gasteiger partial charge in [0.1, 0.15) is 16.4 Å². The van der Waals surface area contributed by atoms with E-state index < -0.39 is 15.7 Å². The van der Waals surface area contributed by atoms with Gasteiger partial charge in [-0.1, -0.05) is 18.2 Å². The van der Waals surface area contributed by atoms with E-state index in [-0.39, 0.29) is 29.5 Å². The second kappa shape index (κ2) is 23.3. The highest BCUT2D eigenvalue weighted by Crippen LogP contribution is 2.53. The van der Waals surface area contributed by atoms with Crippen LogP contribution in [0.5, 0.6) is 11.5 Å². The van der Waals surface area contributed by atoms with Crippen LogP contribution < -0.4 is 0 Å². The summed E-state index contributed by atoms with van der Waals surface area (Å²) in [5, 5.41) is 23.0. The molecule has 0 atom stereocenters. The summed E-state index contributed by atoms with van der Waals surface area (Å²) < 4.78 is 80.7. The van der Waals surface area contributed by atoms with Crippen LogP contribution in [0.25, 0.3) is 0 Å². The molecule has 0 aromatic heterocycles. The third kappa shape index (κ3) is 12.7. The molecule has 3 aromatic carbocycles. The minimum absolute atomic E-state index is 0.00459. The quantitative estimate of drug-likeness (QED) is 0.334. The van der Waals surface area contributed by atoms with E-state index in [9.17, 15) is 18.6 Å². The number of fused-ring (bicyclic) bond motifs is 1. The monoisotopic (exact) mass is 972 g/mol. The zero-order valence-electron chi connectivity index (χ0n) is 33.1. The number of nitrogens with zero attached hydrogens (tertiary/aromatic N) is 2. The molecule has 6 rings (SSSR count). The van der Waals surface area contributed by atoms with Gasteiger partial charge in [-0.2, -0.15) is 8.42 Å². The van der Waals surface area contributed by atoms with Gasteiger partial charge in [0, 0.05) is 56.0 Å². The number of ether oxygens (including phenoxy) is 8. The average molecular weight is 975 g/mol. The first-order valence-electron chi connectivity index (χ1n) is 19.8. The van der Waals surface area contributed by atoms with Crippen LogP contribution in [-0.4, -0.2) is 160 Å². The molecule has 18 heteroatoms. The van der Waals surface area contributed by atoms with E-state index in [1.165, 1.54) is 6.07 Å². The Bertz CT molecular complexity index is 1780. The lowest BCUT2D eigenvalue weighted by atomic mass is 9.79. The number of rotatable bonds is 6. The molecule has 0 radical (unpaired) electrons. The summed E-state index contributed by atoms with van der Waals surface area (Å²) in [6.07, 6.45) is 0. The van der Waals surface area contributed by atoms with E-state index in [2.05, 4.69) is 41.7 Å². The van der Waals surface area contributed by atoms with Crippen molar-refractivity contribution in [2.24, 2.45) is 0 Å². The molecule has 2 saturated heterocycles. The Morgan fingerprint density at radius 3 is 1.24 bits per heavy atom. The topological polar surface area (TPSA) is 164 Å². The van der Waals surface area contributed by atoms with Gasteiger partial charge in [0.15, 0.2) is 5.60 Å². The number of phenolic OH excluding ortho intramolecular Hbond substituents is 2. The minimum atomic E-state index is -4.28. The van der Waals surface area contributed by atoms with Crippen molar-refractivity contribution in [1.29, 1.82) is 0 Å². The van der Waals surface area contributed by atoms with Gasteiger partial charge in [0.25, 0.3) is 10.1 Å². The Balaban J connectivity index is 1.35. The second-order valence-electron chi connectivity index (χ2n) is 14.1. The highest BCUT2D eigenvalue weighted by molar-refractivity contribution is 9.11. The van der Waals surface area contributed by atoms with Crippen molar-refractivity contribution < 1.29 is 60.7 Å². The van der Waals surface area contributed by atoms with Crippen molar-refractivity contribution in [3.63, 3.8) is 0 Å². The summed E-state index contributed by atoms with van der Waals surface area (Å²) in [5.74, 6) is 0.00918.